The first-order valence-corrected chi connectivity index (χ1v) is 8.62. The van der Waals surface area contributed by atoms with Crippen LogP contribution >= 0.6 is 11.3 Å². The van der Waals surface area contributed by atoms with Crippen molar-refractivity contribution < 1.29 is 0 Å². The number of para-hydroxylation sites is 1. The number of fused-ring (bicyclic) bond motifs is 1. The van der Waals surface area contributed by atoms with Crippen LogP contribution in [0.15, 0.2) is 41.1 Å². The first-order valence-electron chi connectivity index (χ1n) is 7.68. The Bertz CT molecular complexity index is 794. The summed E-state index contributed by atoms with van der Waals surface area (Å²) in [4.78, 5) is 11.7. The molecular weight excluding hydrogens is 304 g/mol. The van der Waals surface area contributed by atoms with E-state index in [-0.39, 0.29) is 5.54 Å². The minimum Gasteiger partial charge on any atom is -0.368 e. The zero-order chi connectivity index (χ0) is 16.4. The van der Waals surface area contributed by atoms with Crippen molar-refractivity contribution in [3.05, 3.63) is 41.1 Å². The SMILES string of the molecule is CN(C)C(C)(C)CNc1nc(-c2ccsc2)nc2ccccc12. The van der Waals surface area contributed by atoms with Gasteiger partial charge in [0.2, 0.25) is 0 Å². The van der Waals surface area contributed by atoms with Crippen LogP contribution in [0.4, 0.5) is 5.82 Å². The summed E-state index contributed by atoms with van der Waals surface area (Å²) >= 11 is 1.66. The average molecular weight is 326 g/mol. The normalized spacial score (nSPS) is 12.0. The van der Waals surface area contributed by atoms with Crippen molar-refractivity contribution in [2.75, 3.05) is 26.0 Å². The van der Waals surface area contributed by atoms with E-state index in [2.05, 4.69) is 61.1 Å². The van der Waals surface area contributed by atoms with Gasteiger partial charge in [0.1, 0.15) is 5.82 Å². The van der Waals surface area contributed by atoms with Crippen LogP contribution in [0.3, 0.4) is 0 Å². The number of anilines is 1. The number of hydrogen-bond acceptors (Lipinski definition) is 5. The molecule has 0 aliphatic carbocycles. The molecule has 0 atom stereocenters. The predicted octanol–water partition coefficient (Wildman–Crippen LogP) is 4.11. The number of likely N-dealkylation sites (N-methyl/N-ethyl adjacent to an activating group) is 1. The van der Waals surface area contributed by atoms with Crippen molar-refractivity contribution in [3.63, 3.8) is 0 Å². The highest BCUT2D eigenvalue weighted by Crippen LogP contribution is 2.26. The van der Waals surface area contributed by atoms with Crippen LogP contribution in [-0.4, -0.2) is 41.0 Å². The minimum atomic E-state index is 0.0363. The van der Waals surface area contributed by atoms with Crippen LogP contribution in [-0.2, 0) is 0 Å². The Labute approximate surface area is 141 Å². The highest BCUT2D eigenvalue weighted by molar-refractivity contribution is 7.08. The van der Waals surface area contributed by atoms with E-state index in [4.69, 9.17) is 9.97 Å². The van der Waals surface area contributed by atoms with E-state index in [0.29, 0.717) is 0 Å². The second-order valence-electron chi connectivity index (χ2n) is 6.49. The average Bonchev–Trinajstić information content (AvgIpc) is 3.06. The Kier molecular flexibility index (Phi) is 4.33. The number of nitrogens with zero attached hydrogens (tertiary/aromatic N) is 3. The summed E-state index contributed by atoms with van der Waals surface area (Å²) in [7, 11) is 4.19. The number of benzene rings is 1. The molecule has 0 amide bonds. The fraction of sp³-hybridized carbons (Fsp3) is 0.333. The van der Waals surface area contributed by atoms with Gasteiger partial charge in [-0.1, -0.05) is 12.1 Å². The maximum atomic E-state index is 4.77. The molecule has 2 heterocycles. The van der Waals surface area contributed by atoms with E-state index in [1.165, 1.54) is 0 Å². The molecule has 0 fully saturated rings. The third kappa shape index (κ3) is 3.35. The first kappa shape index (κ1) is 15.9. The standard InChI is InChI=1S/C18H22N4S/c1-18(2,22(3)4)12-19-17-14-7-5-6-8-15(14)20-16(21-17)13-9-10-23-11-13/h5-11H,12H2,1-4H3,(H,19,20,21). The molecule has 0 radical (unpaired) electrons. The van der Waals surface area contributed by atoms with Crippen LogP contribution < -0.4 is 5.32 Å². The molecule has 2 aromatic heterocycles. The van der Waals surface area contributed by atoms with Crippen molar-refractivity contribution in [2.24, 2.45) is 0 Å². The van der Waals surface area contributed by atoms with Gasteiger partial charge >= 0.3 is 0 Å². The summed E-state index contributed by atoms with van der Waals surface area (Å²) in [6, 6.07) is 10.2. The van der Waals surface area contributed by atoms with Crippen molar-refractivity contribution in [3.8, 4) is 11.4 Å². The molecule has 0 spiro atoms. The number of aromatic nitrogens is 2. The lowest BCUT2D eigenvalue weighted by atomic mass is 10.0. The van der Waals surface area contributed by atoms with Crippen LogP contribution in [0.25, 0.3) is 22.3 Å². The summed E-state index contributed by atoms with van der Waals surface area (Å²) in [5.41, 5.74) is 2.07. The van der Waals surface area contributed by atoms with E-state index < -0.39 is 0 Å². The van der Waals surface area contributed by atoms with Crippen molar-refractivity contribution in [1.82, 2.24) is 14.9 Å². The second-order valence-corrected chi connectivity index (χ2v) is 7.27. The van der Waals surface area contributed by atoms with Crippen molar-refractivity contribution >= 4 is 28.1 Å². The van der Waals surface area contributed by atoms with Gasteiger partial charge in [-0.2, -0.15) is 11.3 Å². The van der Waals surface area contributed by atoms with Gasteiger partial charge in [0.15, 0.2) is 5.82 Å². The van der Waals surface area contributed by atoms with E-state index in [1.54, 1.807) is 11.3 Å². The molecule has 23 heavy (non-hydrogen) atoms. The van der Waals surface area contributed by atoms with Crippen molar-refractivity contribution in [2.45, 2.75) is 19.4 Å². The number of hydrogen-bond donors (Lipinski definition) is 1. The molecule has 0 aliphatic rings. The Morgan fingerprint density at radius 2 is 1.91 bits per heavy atom. The summed E-state index contributed by atoms with van der Waals surface area (Å²) in [5.74, 6) is 1.67. The third-order valence-electron chi connectivity index (χ3n) is 4.28. The quantitative estimate of drug-likeness (QED) is 0.766. The topological polar surface area (TPSA) is 41.0 Å². The fourth-order valence-corrected chi connectivity index (χ4v) is 2.82. The molecule has 0 aliphatic heterocycles. The van der Waals surface area contributed by atoms with Gasteiger partial charge in [-0.3, -0.25) is 0 Å². The maximum absolute atomic E-state index is 4.77. The van der Waals surface area contributed by atoms with Crippen LogP contribution in [0.5, 0.6) is 0 Å². The van der Waals surface area contributed by atoms with Gasteiger partial charge in [0.05, 0.1) is 5.52 Å². The van der Waals surface area contributed by atoms with Gasteiger partial charge < -0.3 is 10.2 Å². The summed E-state index contributed by atoms with van der Waals surface area (Å²) in [6.45, 7) is 5.23. The smallest absolute Gasteiger partial charge is 0.162 e. The lowest BCUT2D eigenvalue weighted by molar-refractivity contribution is 0.210. The number of thiophene rings is 1. The molecule has 3 aromatic rings. The molecule has 0 bridgehead atoms. The van der Waals surface area contributed by atoms with Crippen LogP contribution in [0.2, 0.25) is 0 Å². The van der Waals surface area contributed by atoms with E-state index in [9.17, 15) is 0 Å². The summed E-state index contributed by atoms with van der Waals surface area (Å²) in [6.07, 6.45) is 0. The Morgan fingerprint density at radius 3 is 2.61 bits per heavy atom. The molecule has 0 unspecified atom stereocenters. The van der Waals surface area contributed by atoms with Crippen molar-refractivity contribution in [1.29, 1.82) is 0 Å². The molecule has 1 aromatic carbocycles. The lowest BCUT2D eigenvalue weighted by Gasteiger charge is -2.33. The van der Waals surface area contributed by atoms with Gasteiger partial charge in [0.25, 0.3) is 0 Å². The number of rotatable bonds is 5. The molecule has 4 nitrogen and oxygen atoms in total. The molecular formula is C18H22N4S. The maximum Gasteiger partial charge on any atom is 0.162 e. The van der Waals surface area contributed by atoms with E-state index in [1.807, 2.05) is 18.2 Å². The second kappa shape index (κ2) is 6.26. The lowest BCUT2D eigenvalue weighted by Crippen LogP contribution is -2.44. The molecule has 5 heteroatoms. The van der Waals surface area contributed by atoms with Gasteiger partial charge in [-0.25, -0.2) is 9.97 Å². The predicted molar refractivity (Wildman–Crippen MR) is 99.1 cm³/mol. The van der Waals surface area contributed by atoms with Crippen LogP contribution in [0.1, 0.15) is 13.8 Å². The zero-order valence-corrected chi connectivity index (χ0v) is 14.8. The Hall–Kier alpha value is -1.98. The van der Waals surface area contributed by atoms with Gasteiger partial charge in [-0.15, -0.1) is 0 Å². The monoisotopic (exact) mass is 326 g/mol. The molecule has 0 saturated heterocycles. The molecule has 120 valence electrons. The summed E-state index contributed by atoms with van der Waals surface area (Å²) < 4.78 is 0. The van der Waals surface area contributed by atoms with Gasteiger partial charge in [0, 0.05) is 28.4 Å². The zero-order valence-electron chi connectivity index (χ0n) is 14.0. The highest BCUT2D eigenvalue weighted by atomic mass is 32.1. The number of nitrogens with one attached hydrogen (secondary N) is 1. The highest BCUT2D eigenvalue weighted by Gasteiger charge is 2.21. The first-order chi connectivity index (χ1) is 11.0. The molecule has 3 rings (SSSR count). The minimum absolute atomic E-state index is 0.0363. The molecule has 1 N–H and O–H groups in total. The third-order valence-corrected chi connectivity index (χ3v) is 4.96. The van der Waals surface area contributed by atoms with E-state index in [0.717, 1.165) is 34.7 Å². The van der Waals surface area contributed by atoms with Crippen LogP contribution in [0, 0.1) is 0 Å². The Balaban J connectivity index is 2.01. The van der Waals surface area contributed by atoms with Gasteiger partial charge in [-0.05, 0) is 51.5 Å². The molecule has 0 saturated carbocycles. The summed E-state index contributed by atoms with van der Waals surface area (Å²) in [5, 5.41) is 8.71. The largest absolute Gasteiger partial charge is 0.368 e. The van der Waals surface area contributed by atoms with E-state index >= 15 is 0 Å². The Morgan fingerprint density at radius 1 is 1.13 bits per heavy atom. The fourth-order valence-electron chi connectivity index (χ4n) is 2.19.